The third kappa shape index (κ3) is 10.6. The Morgan fingerprint density at radius 1 is 0.708 bits per heavy atom. The van der Waals surface area contributed by atoms with Gasteiger partial charge in [-0.15, -0.1) is 0 Å². The number of alkyl carbamates (subject to hydrolysis) is 1. The summed E-state index contributed by atoms with van der Waals surface area (Å²) in [4.78, 5) is 38.8. The predicted molar refractivity (Wildman–Crippen MR) is 176 cm³/mol. The molecule has 14 heteroatoms. The van der Waals surface area contributed by atoms with E-state index in [9.17, 15) is 18.9 Å². The zero-order chi connectivity index (χ0) is 33.8. The highest BCUT2D eigenvalue weighted by molar-refractivity contribution is 7.55. The molecular weight excluding hydrogens is 657 g/mol. The summed E-state index contributed by atoms with van der Waals surface area (Å²) in [5.74, 6) is -2.16. The number of carbonyl (C=O) groups is 3. The molecule has 0 aliphatic carbocycles. The molecule has 0 aliphatic heterocycles. The van der Waals surface area contributed by atoms with Crippen LogP contribution in [0.25, 0.3) is 0 Å². The molecule has 0 aliphatic rings. The van der Waals surface area contributed by atoms with Crippen LogP contribution >= 0.6 is 7.60 Å². The van der Waals surface area contributed by atoms with Crippen LogP contribution in [0.5, 0.6) is 11.5 Å². The Morgan fingerprint density at radius 2 is 1.17 bits per heavy atom. The van der Waals surface area contributed by atoms with Gasteiger partial charge in [0.15, 0.2) is 5.78 Å². The number of nitrogens with one attached hydrogen (secondary N) is 3. The number of benzene rings is 4. The first-order chi connectivity index (χ1) is 22.5. The van der Waals surface area contributed by atoms with Gasteiger partial charge in [0.2, 0.25) is 11.8 Å². The molecule has 12 nitrogen and oxygen atoms in total. The van der Waals surface area contributed by atoms with Gasteiger partial charge in [0.1, 0.15) is 30.2 Å². The number of amides is 3. The van der Waals surface area contributed by atoms with Gasteiger partial charge in [0.25, 0.3) is 5.84 Å². The van der Waals surface area contributed by atoms with Crippen molar-refractivity contribution >= 4 is 31.3 Å². The maximum atomic E-state index is 14.8. The summed E-state index contributed by atoms with van der Waals surface area (Å²) in [6, 6.07) is 30.1. The predicted octanol–water partition coefficient (Wildman–Crippen LogP) is 0.441. The van der Waals surface area contributed by atoms with Crippen molar-refractivity contribution in [3.05, 3.63) is 132 Å². The molecule has 1 unspecified atom stereocenters. The lowest BCUT2D eigenvalue weighted by Crippen LogP contribution is -3.00. The molecular formula is C34H37ClN5O7P. The molecule has 0 aromatic heterocycles. The summed E-state index contributed by atoms with van der Waals surface area (Å²) >= 11 is 0. The van der Waals surface area contributed by atoms with Crippen molar-refractivity contribution in [3.63, 3.8) is 0 Å². The van der Waals surface area contributed by atoms with Gasteiger partial charge in [-0.05, 0) is 61.4 Å². The summed E-state index contributed by atoms with van der Waals surface area (Å²) in [6.45, 7) is 2.91. The summed E-state index contributed by atoms with van der Waals surface area (Å²) in [6.07, 6.45) is -0.801. The van der Waals surface area contributed by atoms with E-state index in [2.05, 4.69) is 16.0 Å². The number of rotatable bonds is 14. The van der Waals surface area contributed by atoms with Crippen LogP contribution in [-0.2, 0) is 25.5 Å². The number of carbonyl (C=O) groups excluding carboxylic acids is 3. The molecule has 3 atom stereocenters. The number of hydrogen-bond acceptors (Lipinski definition) is 7. The minimum Gasteiger partial charge on any atom is -1.00 e. The summed E-state index contributed by atoms with van der Waals surface area (Å²) in [5.41, 5.74) is 7.40. The van der Waals surface area contributed by atoms with Crippen LogP contribution in [0.3, 0.4) is 0 Å². The number of amidine groups is 1. The van der Waals surface area contributed by atoms with E-state index in [0.29, 0.717) is 11.1 Å². The van der Waals surface area contributed by atoms with Gasteiger partial charge in [-0.3, -0.25) is 20.7 Å². The zero-order valence-corrected chi connectivity index (χ0v) is 27.9. The van der Waals surface area contributed by atoms with E-state index in [1.807, 2.05) is 18.2 Å². The van der Waals surface area contributed by atoms with Gasteiger partial charge >= 0.3 is 13.7 Å². The number of para-hydroxylation sites is 2. The van der Waals surface area contributed by atoms with Crippen molar-refractivity contribution in [1.29, 1.82) is 0 Å². The normalized spacial score (nSPS) is 12.5. The van der Waals surface area contributed by atoms with Gasteiger partial charge in [-0.2, -0.15) is 0 Å². The van der Waals surface area contributed by atoms with Crippen LogP contribution in [0.15, 0.2) is 115 Å². The molecule has 3 amide bonds. The molecule has 4 rings (SSSR count). The van der Waals surface area contributed by atoms with Crippen LogP contribution in [0.1, 0.15) is 36.3 Å². The molecule has 0 spiro atoms. The molecule has 0 bridgehead atoms. The number of halogens is 1. The second-order valence-corrected chi connectivity index (χ2v) is 12.5. The Kier molecular flexibility index (Phi) is 13.6. The number of ether oxygens (including phenoxy) is 1. The number of hydrogen-bond donors (Lipinski definition) is 5. The van der Waals surface area contributed by atoms with Gasteiger partial charge in [-0.25, -0.2) is 9.36 Å². The van der Waals surface area contributed by atoms with Crippen LogP contribution in [0.2, 0.25) is 0 Å². The van der Waals surface area contributed by atoms with E-state index in [1.54, 1.807) is 97.1 Å². The molecule has 0 saturated heterocycles. The summed E-state index contributed by atoms with van der Waals surface area (Å²) in [7, 11) is -4.32. The fraction of sp³-hybridized carbons (Fsp3) is 0.176. The van der Waals surface area contributed by atoms with Crippen molar-refractivity contribution in [1.82, 2.24) is 16.0 Å². The highest BCUT2D eigenvalue weighted by Crippen LogP contribution is 2.59. The van der Waals surface area contributed by atoms with Crippen molar-refractivity contribution in [2.24, 2.45) is 5.73 Å². The van der Waals surface area contributed by atoms with Gasteiger partial charge in [0.05, 0.1) is 5.56 Å². The minimum atomic E-state index is -4.32. The Hall–Kier alpha value is -5.32. The van der Waals surface area contributed by atoms with Crippen molar-refractivity contribution in [2.75, 3.05) is 0 Å². The third-order valence-corrected chi connectivity index (χ3v) is 8.79. The lowest BCUT2D eigenvalue weighted by Gasteiger charge is -2.29. The second-order valence-electron chi connectivity index (χ2n) is 10.5. The minimum absolute atomic E-state index is 0. The van der Waals surface area contributed by atoms with E-state index in [1.165, 1.54) is 13.8 Å². The first kappa shape index (κ1) is 37.1. The average molecular weight is 694 g/mol. The quantitative estimate of drug-likeness (QED) is 0.0716. The molecule has 0 saturated carbocycles. The maximum absolute atomic E-state index is 14.8. The molecule has 0 fully saturated rings. The van der Waals surface area contributed by atoms with E-state index >= 15 is 0 Å². The van der Waals surface area contributed by atoms with Crippen LogP contribution in [0, 0.1) is 0 Å². The van der Waals surface area contributed by atoms with Gasteiger partial charge in [0, 0.05) is 0 Å². The Balaban J connectivity index is 0.00000625. The Bertz CT molecular complexity index is 1670. The zero-order valence-electron chi connectivity index (χ0n) is 26.2. The number of nitrogens with two attached hydrogens (primary N) is 2. The summed E-state index contributed by atoms with van der Waals surface area (Å²) in [5, 5.41) is 13.5. The SMILES string of the molecule is C[C@H](NC(=O)OCc1ccccc1)C(=O)N[C@@H](C)C(=O)NC(c1ccc(C(N)=[NH2+])cc1)P(=O)(Oc1ccccc1)Oc1ccccc1.[Cl-]. The topological polar surface area (TPSA) is 184 Å². The maximum Gasteiger partial charge on any atom is 0.457 e. The second kappa shape index (κ2) is 17.6. The first-order valence-corrected chi connectivity index (χ1v) is 16.3. The lowest BCUT2D eigenvalue weighted by molar-refractivity contribution is -0.129. The smallest absolute Gasteiger partial charge is 0.457 e. The van der Waals surface area contributed by atoms with E-state index < -0.39 is 43.4 Å². The lowest BCUT2D eigenvalue weighted by atomic mass is 10.1. The fourth-order valence-corrected chi connectivity index (χ4v) is 6.16. The van der Waals surface area contributed by atoms with Crippen molar-refractivity contribution in [2.45, 2.75) is 38.3 Å². The molecule has 4 aromatic rings. The third-order valence-electron chi connectivity index (χ3n) is 6.80. The molecule has 0 radical (unpaired) electrons. The standard InChI is InChI=1S/C34H36N5O7P.ClH/c1-23(37-31(40)24(2)38-34(42)44-22-25-12-6-3-7-13-25)32(41)39-33(27-20-18-26(19-21-27)30(35)36)47(43,45-28-14-8-4-9-15-28)46-29-16-10-5-11-17-29;/h3-21,23-24,33H,22H2,1-2H3,(H3,35,36)(H,37,40)(H,38,42)(H,39,41);1H/t23-,24-,33?;/m0./s1. The van der Waals surface area contributed by atoms with E-state index in [-0.39, 0.29) is 36.3 Å². The van der Waals surface area contributed by atoms with Gasteiger partial charge in [-0.1, -0.05) is 78.9 Å². The molecule has 4 aromatic carbocycles. The monoisotopic (exact) mass is 693 g/mol. The van der Waals surface area contributed by atoms with E-state index in [4.69, 9.17) is 24.9 Å². The Morgan fingerprint density at radius 3 is 1.67 bits per heavy atom. The van der Waals surface area contributed by atoms with Crippen LogP contribution in [-0.4, -0.2) is 35.8 Å². The Labute approximate surface area is 284 Å². The first-order valence-electron chi connectivity index (χ1n) is 14.7. The van der Waals surface area contributed by atoms with Crippen LogP contribution in [0.4, 0.5) is 4.79 Å². The molecule has 0 heterocycles. The summed E-state index contributed by atoms with van der Waals surface area (Å²) < 4.78 is 32.0. The molecule has 7 N–H and O–H groups in total. The fourth-order valence-electron chi connectivity index (χ4n) is 4.25. The largest absolute Gasteiger partial charge is 1.00 e. The highest BCUT2D eigenvalue weighted by Gasteiger charge is 2.43. The average Bonchev–Trinajstić information content (AvgIpc) is 3.07. The van der Waals surface area contributed by atoms with Crippen molar-refractivity contribution < 1.29 is 50.5 Å². The highest BCUT2D eigenvalue weighted by atomic mass is 35.5. The molecule has 252 valence electrons. The van der Waals surface area contributed by atoms with Crippen LogP contribution < -0.4 is 48.5 Å². The molecule has 48 heavy (non-hydrogen) atoms. The van der Waals surface area contributed by atoms with E-state index in [0.717, 1.165) is 5.56 Å². The van der Waals surface area contributed by atoms with Gasteiger partial charge < -0.3 is 42.1 Å². The van der Waals surface area contributed by atoms with Crippen molar-refractivity contribution in [3.8, 4) is 11.5 Å².